The molecule has 0 aromatic carbocycles. The predicted octanol–water partition coefficient (Wildman–Crippen LogP) is 2.56. The van der Waals surface area contributed by atoms with E-state index in [2.05, 4.69) is 43.8 Å². The number of nitrogens with one attached hydrogen (secondary N) is 1. The summed E-state index contributed by atoms with van der Waals surface area (Å²) in [5.74, 6) is 0. The highest BCUT2D eigenvalue weighted by Crippen LogP contribution is 2.31. The topological polar surface area (TPSA) is 68.5 Å². The number of aromatic nitrogens is 5. The van der Waals surface area contributed by atoms with E-state index in [1.165, 1.54) is 4.68 Å². The third-order valence-corrected chi connectivity index (χ3v) is 4.92. The number of aromatic amines is 1. The molecule has 3 rings (SSSR count). The molecule has 0 bridgehead atoms. The molecular weight excluding hydrogens is 388 g/mol. The van der Waals surface area contributed by atoms with Crippen molar-refractivity contribution >= 4 is 45.5 Å². The maximum Gasteiger partial charge on any atom is 0.274 e. The molecule has 20 heavy (non-hydrogen) atoms. The van der Waals surface area contributed by atoms with Crippen molar-refractivity contribution in [2.24, 2.45) is 7.05 Å². The lowest BCUT2D eigenvalue weighted by molar-refractivity contribution is 0.740. The van der Waals surface area contributed by atoms with E-state index in [0.29, 0.717) is 11.9 Å². The zero-order valence-corrected chi connectivity index (χ0v) is 13.7. The lowest BCUT2D eigenvalue weighted by atomic mass is 10.1. The van der Waals surface area contributed by atoms with Gasteiger partial charge >= 0.3 is 0 Å². The van der Waals surface area contributed by atoms with Gasteiger partial charge in [0.05, 0.1) is 17.6 Å². The Balaban J connectivity index is 2.27. The van der Waals surface area contributed by atoms with Crippen LogP contribution in [0.5, 0.6) is 0 Å². The van der Waals surface area contributed by atoms with Gasteiger partial charge in [-0.1, -0.05) is 6.58 Å². The van der Waals surface area contributed by atoms with Crippen LogP contribution >= 0.6 is 28.4 Å². The SMILES string of the molecule is C=Cc1nn(PI)c2ncc(-c3c[nH]n(C)c3=O)cc12. The monoisotopic (exact) mass is 399 g/mol. The van der Waals surface area contributed by atoms with Crippen LogP contribution in [0.15, 0.2) is 29.8 Å². The highest BCUT2D eigenvalue weighted by Gasteiger charge is 2.13. The fourth-order valence-electron chi connectivity index (χ4n) is 2.05. The highest BCUT2D eigenvalue weighted by atomic mass is 127. The summed E-state index contributed by atoms with van der Waals surface area (Å²) in [5, 5.41) is 8.21. The minimum Gasteiger partial charge on any atom is -0.303 e. The average Bonchev–Trinajstić information content (AvgIpc) is 2.99. The Bertz CT molecular complexity index is 862. The molecule has 102 valence electrons. The van der Waals surface area contributed by atoms with Crippen molar-refractivity contribution < 1.29 is 0 Å². The van der Waals surface area contributed by atoms with E-state index in [0.717, 1.165) is 22.3 Å². The predicted molar refractivity (Wildman–Crippen MR) is 90.4 cm³/mol. The van der Waals surface area contributed by atoms with E-state index in [9.17, 15) is 4.79 Å². The number of fused-ring (bicyclic) bond motifs is 1. The number of rotatable bonds is 3. The quantitative estimate of drug-likeness (QED) is 0.544. The van der Waals surface area contributed by atoms with E-state index in [1.807, 2.05) is 10.5 Å². The molecule has 3 aromatic rings. The summed E-state index contributed by atoms with van der Waals surface area (Å²) >= 11 is 2.26. The van der Waals surface area contributed by atoms with Gasteiger partial charge in [0, 0.05) is 30.4 Å². The molecule has 8 heteroatoms. The Labute approximate surface area is 129 Å². The van der Waals surface area contributed by atoms with E-state index in [1.54, 1.807) is 25.5 Å². The fraction of sp³-hybridized carbons (Fsp3) is 0.0833. The Hall–Kier alpha value is -1.47. The van der Waals surface area contributed by atoms with Crippen LogP contribution in [0.4, 0.5) is 0 Å². The molecule has 1 atom stereocenters. The normalized spacial score (nSPS) is 11.7. The Morgan fingerprint density at radius 3 is 2.95 bits per heavy atom. The van der Waals surface area contributed by atoms with Gasteiger partial charge in [0.15, 0.2) is 5.65 Å². The number of hydrogen-bond donors (Lipinski definition) is 1. The molecule has 3 heterocycles. The second-order valence-corrected chi connectivity index (χ2v) is 6.27. The molecule has 0 fully saturated rings. The molecule has 0 aliphatic rings. The van der Waals surface area contributed by atoms with Crippen molar-refractivity contribution in [3.63, 3.8) is 0 Å². The molecular formula is C12H11IN5OP. The fourth-order valence-corrected chi connectivity index (χ4v) is 3.46. The van der Waals surface area contributed by atoms with Gasteiger partial charge in [-0.05, 0) is 34.2 Å². The maximum atomic E-state index is 12.0. The summed E-state index contributed by atoms with van der Waals surface area (Å²) < 4.78 is 3.27. The summed E-state index contributed by atoms with van der Waals surface area (Å²) in [6.07, 6.45) is 5.56. The summed E-state index contributed by atoms with van der Waals surface area (Å²) in [4.78, 5) is 16.4. The first kappa shape index (κ1) is 13.5. The first-order valence-electron chi connectivity index (χ1n) is 5.78. The molecule has 0 aliphatic heterocycles. The van der Waals surface area contributed by atoms with Gasteiger partial charge in [-0.2, -0.15) is 5.10 Å². The lowest BCUT2D eigenvalue weighted by Gasteiger charge is -1.98. The van der Waals surface area contributed by atoms with Crippen LogP contribution in [0, 0.1) is 0 Å². The molecule has 3 aromatic heterocycles. The second kappa shape index (κ2) is 5.14. The first-order chi connectivity index (χ1) is 9.65. The lowest BCUT2D eigenvalue weighted by Crippen LogP contribution is -2.13. The van der Waals surface area contributed by atoms with Gasteiger partial charge in [-0.25, -0.2) is 9.44 Å². The molecule has 6 nitrogen and oxygen atoms in total. The molecule has 0 saturated heterocycles. The largest absolute Gasteiger partial charge is 0.303 e. The molecule has 1 N–H and O–H groups in total. The van der Waals surface area contributed by atoms with Crippen molar-refractivity contribution in [2.75, 3.05) is 0 Å². The smallest absolute Gasteiger partial charge is 0.274 e. The Kier molecular flexibility index (Phi) is 3.47. The van der Waals surface area contributed by atoms with Crippen LogP contribution in [0.1, 0.15) is 5.69 Å². The van der Waals surface area contributed by atoms with E-state index in [-0.39, 0.29) is 5.56 Å². The maximum absolute atomic E-state index is 12.0. The molecule has 1 unspecified atom stereocenters. The Morgan fingerprint density at radius 2 is 2.35 bits per heavy atom. The molecule has 0 aliphatic carbocycles. The number of pyridine rings is 1. The van der Waals surface area contributed by atoms with Crippen LogP contribution in [0.25, 0.3) is 28.2 Å². The van der Waals surface area contributed by atoms with Crippen molar-refractivity contribution in [3.05, 3.63) is 41.1 Å². The first-order valence-corrected chi connectivity index (χ1v) is 9.84. The van der Waals surface area contributed by atoms with Gasteiger partial charge in [0.25, 0.3) is 5.56 Å². The zero-order valence-electron chi connectivity index (χ0n) is 10.6. The average molecular weight is 399 g/mol. The van der Waals surface area contributed by atoms with Crippen molar-refractivity contribution in [1.82, 2.24) is 24.3 Å². The summed E-state index contributed by atoms with van der Waals surface area (Å²) in [5.41, 5.74) is 2.89. The second-order valence-electron chi connectivity index (χ2n) is 4.23. The highest BCUT2D eigenvalue weighted by molar-refractivity contribution is 14.2. The van der Waals surface area contributed by atoms with Gasteiger partial charge in [0.1, 0.15) is 0 Å². The minimum atomic E-state index is -0.0746. The van der Waals surface area contributed by atoms with Crippen LogP contribution in [-0.4, -0.2) is 24.3 Å². The summed E-state index contributed by atoms with van der Waals surface area (Å²) in [6.45, 7) is 3.78. The van der Waals surface area contributed by atoms with Crippen molar-refractivity contribution in [3.8, 4) is 11.1 Å². The number of hydrogen-bond acceptors (Lipinski definition) is 3. The van der Waals surface area contributed by atoms with Crippen LogP contribution in [0.3, 0.4) is 0 Å². The van der Waals surface area contributed by atoms with Crippen molar-refractivity contribution in [1.29, 1.82) is 0 Å². The van der Waals surface area contributed by atoms with E-state index < -0.39 is 0 Å². The zero-order chi connectivity index (χ0) is 14.3. The van der Waals surface area contributed by atoms with Gasteiger partial charge in [-0.15, -0.1) is 0 Å². The van der Waals surface area contributed by atoms with Crippen LogP contribution in [-0.2, 0) is 7.05 Å². The molecule has 0 spiro atoms. The van der Waals surface area contributed by atoms with E-state index in [4.69, 9.17) is 0 Å². The van der Waals surface area contributed by atoms with Crippen LogP contribution < -0.4 is 5.56 Å². The number of H-pyrrole nitrogens is 1. The van der Waals surface area contributed by atoms with Crippen molar-refractivity contribution in [2.45, 2.75) is 0 Å². The summed E-state index contributed by atoms with van der Waals surface area (Å²) in [6, 6.07) is 1.93. The van der Waals surface area contributed by atoms with Gasteiger partial charge < -0.3 is 5.10 Å². The molecule has 0 radical (unpaired) electrons. The molecule has 0 saturated carbocycles. The van der Waals surface area contributed by atoms with Crippen LogP contribution in [0.2, 0.25) is 0 Å². The third kappa shape index (κ3) is 2.01. The third-order valence-electron chi connectivity index (χ3n) is 3.07. The number of nitrogens with zero attached hydrogens (tertiary/aromatic N) is 4. The van der Waals surface area contributed by atoms with Gasteiger partial charge in [0.2, 0.25) is 0 Å². The Morgan fingerprint density at radius 1 is 1.55 bits per heavy atom. The van der Waals surface area contributed by atoms with E-state index >= 15 is 0 Å². The minimum absolute atomic E-state index is 0.0746. The van der Waals surface area contributed by atoms with Gasteiger partial charge in [-0.3, -0.25) is 9.48 Å². The standard InChI is InChI=1S/C12H11IN5OP/c1-3-10-8-4-7(9-6-15-17(2)12(9)19)5-14-11(8)18(16-10)20-13/h3-6,15,20H,1H2,2H3. The molecule has 0 amide bonds. The number of aryl methyl sites for hydroxylation is 1. The summed E-state index contributed by atoms with van der Waals surface area (Å²) in [7, 11) is 1.68. The number of halogens is 1.